The predicted octanol–water partition coefficient (Wildman–Crippen LogP) is 6.96. The summed E-state index contributed by atoms with van der Waals surface area (Å²) in [4.78, 5) is 44.5. The molecule has 38 heavy (non-hydrogen) atoms. The molecule has 0 unspecified atom stereocenters. The Morgan fingerprint density at radius 1 is 0.868 bits per heavy atom. The lowest BCUT2D eigenvalue weighted by Crippen LogP contribution is -2.17. The van der Waals surface area contributed by atoms with Gasteiger partial charge in [-0.15, -0.1) is 11.3 Å². The number of nitrogens with one attached hydrogen (secondary N) is 1. The van der Waals surface area contributed by atoms with Crippen LogP contribution in [0.5, 0.6) is 0 Å². The molecule has 0 atom stereocenters. The van der Waals surface area contributed by atoms with E-state index in [-0.39, 0.29) is 27.6 Å². The molecule has 4 aromatic rings. The van der Waals surface area contributed by atoms with Gasteiger partial charge in [-0.25, -0.2) is 14.6 Å². The molecule has 2 aromatic heterocycles. The van der Waals surface area contributed by atoms with Gasteiger partial charge in [0.25, 0.3) is 5.91 Å². The van der Waals surface area contributed by atoms with Crippen molar-refractivity contribution >= 4 is 45.1 Å². The Kier molecular flexibility index (Phi) is 7.92. The highest BCUT2D eigenvalue weighted by Crippen LogP contribution is 2.36. The molecule has 4 rings (SSSR count). The van der Waals surface area contributed by atoms with Crippen LogP contribution < -0.4 is 5.32 Å². The number of carbonyl (C=O) groups excluding carboxylic acids is 3. The van der Waals surface area contributed by atoms with Crippen LogP contribution in [0.25, 0.3) is 22.2 Å². The first-order chi connectivity index (χ1) is 18.0. The van der Waals surface area contributed by atoms with Gasteiger partial charge in [-0.05, 0) is 59.2 Å². The number of hydrogen-bond acceptors (Lipinski definition) is 7. The quantitative estimate of drug-likeness (QED) is 0.260. The van der Waals surface area contributed by atoms with Gasteiger partial charge in [0.1, 0.15) is 9.88 Å². The van der Waals surface area contributed by atoms with Crippen molar-refractivity contribution in [3.63, 3.8) is 0 Å². The number of pyridine rings is 1. The van der Waals surface area contributed by atoms with Gasteiger partial charge in [0, 0.05) is 10.9 Å². The highest BCUT2D eigenvalue weighted by Gasteiger charge is 2.29. The number of fused-ring (bicyclic) bond motifs is 1. The summed E-state index contributed by atoms with van der Waals surface area (Å²) in [5, 5.41) is 3.77. The van der Waals surface area contributed by atoms with E-state index in [4.69, 9.17) is 14.5 Å². The summed E-state index contributed by atoms with van der Waals surface area (Å²) in [6.45, 7) is 10.6. The summed E-state index contributed by atoms with van der Waals surface area (Å²) in [7, 11) is 0. The maximum atomic E-state index is 13.7. The zero-order valence-corrected chi connectivity index (χ0v) is 23.1. The van der Waals surface area contributed by atoms with E-state index in [9.17, 15) is 14.4 Å². The monoisotopic (exact) mass is 530 g/mol. The summed E-state index contributed by atoms with van der Waals surface area (Å²) in [6, 6.07) is 17.0. The van der Waals surface area contributed by atoms with E-state index in [1.807, 2.05) is 55.5 Å². The van der Waals surface area contributed by atoms with Crippen LogP contribution in [0.15, 0.2) is 54.6 Å². The molecule has 7 nitrogen and oxygen atoms in total. The Morgan fingerprint density at radius 3 is 2.16 bits per heavy atom. The molecule has 1 N–H and O–H groups in total. The summed E-state index contributed by atoms with van der Waals surface area (Å²) in [6.07, 6.45) is -0.714. The average Bonchev–Trinajstić information content (AvgIpc) is 3.18. The molecule has 1 amide bonds. The van der Waals surface area contributed by atoms with Crippen molar-refractivity contribution in [1.82, 2.24) is 4.98 Å². The molecule has 0 radical (unpaired) electrons. The Labute approximate surface area is 225 Å². The van der Waals surface area contributed by atoms with Crippen LogP contribution in [0.3, 0.4) is 0 Å². The van der Waals surface area contributed by atoms with E-state index >= 15 is 0 Å². The standard InChI is InChI=1S/C30H30N2O5S/c1-16(2)36-29(34)25-19(6)26(30(35)37-17(3)4)38-28(25)32-27(33)22-15-24(20-13-11-18(5)12-14-20)31-23-10-8-7-9-21(22)23/h7-17H,1-6H3,(H,32,33). The molecule has 8 heteroatoms. The number of thiophene rings is 1. The minimum Gasteiger partial charge on any atom is -0.459 e. The molecule has 0 bridgehead atoms. The SMILES string of the molecule is Cc1ccc(-c2cc(C(=O)Nc3sc(C(=O)OC(C)C)c(C)c3C(=O)OC(C)C)c3ccccc3n2)cc1. The number of para-hydroxylation sites is 1. The predicted molar refractivity (Wildman–Crippen MR) is 150 cm³/mol. The zero-order chi connectivity index (χ0) is 27.6. The molecule has 0 saturated carbocycles. The Morgan fingerprint density at radius 2 is 1.50 bits per heavy atom. The van der Waals surface area contributed by atoms with Gasteiger partial charge in [0.2, 0.25) is 0 Å². The number of esters is 2. The number of aryl methyl sites for hydroxylation is 1. The van der Waals surface area contributed by atoms with Crippen LogP contribution in [0.2, 0.25) is 0 Å². The average molecular weight is 531 g/mol. The Bertz CT molecular complexity index is 1520. The third kappa shape index (κ3) is 5.75. The van der Waals surface area contributed by atoms with Gasteiger partial charge in [-0.3, -0.25) is 4.79 Å². The van der Waals surface area contributed by atoms with Crippen molar-refractivity contribution < 1.29 is 23.9 Å². The van der Waals surface area contributed by atoms with Gasteiger partial charge < -0.3 is 14.8 Å². The van der Waals surface area contributed by atoms with E-state index in [0.29, 0.717) is 27.7 Å². The summed E-state index contributed by atoms with van der Waals surface area (Å²) in [5.41, 5.74) is 4.25. The van der Waals surface area contributed by atoms with Gasteiger partial charge >= 0.3 is 11.9 Å². The highest BCUT2D eigenvalue weighted by atomic mass is 32.1. The number of carbonyl (C=O) groups is 3. The molecule has 0 spiro atoms. The van der Waals surface area contributed by atoms with Crippen LogP contribution in [-0.2, 0) is 9.47 Å². The number of benzene rings is 2. The largest absolute Gasteiger partial charge is 0.459 e. The number of hydrogen-bond donors (Lipinski definition) is 1. The second-order valence-corrected chi connectivity index (χ2v) is 10.6. The van der Waals surface area contributed by atoms with E-state index in [1.54, 1.807) is 40.7 Å². The van der Waals surface area contributed by atoms with Crippen molar-refractivity contribution in [2.45, 2.75) is 53.8 Å². The van der Waals surface area contributed by atoms with Crippen molar-refractivity contribution in [1.29, 1.82) is 0 Å². The number of ether oxygens (including phenoxy) is 2. The second kappa shape index (κ2) is 11.1. The Hall–Kier alpha value is -4.04. The molecule has 0 aliphatic carbocycles. The van der Waals surface area contributed by atoms with Gasteiger partial charge in [-0.2, -0.15) is 0 Å². The minimum atomic E-state index is -0.618. The number of rotatable bonds is 7. The smallest absolute Gasteiger partial charge is 0.348 e. The molecule has 196 valence electrons. The van der Waals surface area contributed by atoms with Gasteiger partial charge in [-0.1, -0.05) is 48.0 Å². The van der Waals surface area contributed by atoms with E-state index in [0.717, 1.165) is 22.5 Å². The van der Waals surface area contributed by atoms with E-state index in [2.05, 4.69) is 5.32 Å². The number of aromatic nitrogens is 1. The van der Waals surface area contributed by atoms with Crippen LogP contribution in [0, 0.1) is 13.8 Å². The molecule has 0 fully saturated rings. The molecule has 0 aliphatic rings. The molecular weight excluding hydrogens is 500 g/mol. The first kappa shape index (κ1) is 27.0. The minimum absolute atomic E-state index is 0.143. The lowest BCUT2D eigenvalue weighted by molar-refractivity contribution is 0.0378. The third-order valence-electron chi connectivity index (χ3n) is 5.76. The highest BCUT2D eigenvalue weighted by molar-refractivity contribution is 7.18. The van der Waals surface area contributed by atoms with E-state index in [1.165, 1.54) is 0 Å². The summed E-state index contributed by atoms with van der Waals surface area (Å²) >= 11 is 0.999. The van der Waals surface area contributed by atoms with Crippen molar-refractivity contribution in [2.75, 3.05) is 5.32 Å². The normalized spacial score (nSPS) is 11.2. The number of amides is 1. The fourth-order valence-corrected chi connectivity index (χ4v) is 5.06. The first-order valence-corrected chi connectivity index (χ1v) is 13.2. The maximum Gasteiger partial charge on any atom is 0.348 e. The zero-order valence-electron chi connectivity index (χ0n) is 22.2. The molecule has 0 saturated heterocycles. The maximum absolute atomic E-state index is 13.7. The fraction of sp³-hybridized carbons (Fsp3) is 0.267. The second-order valence-electron chi connectivity index (χ2n) is 9.56. The van der Waals surface area contributed by atoms with Crippen LogP contribution in [0.4, 0.5) is 5.00 Å². The molecule has 0 aliphatic heterocycles. The third-order valence-corrected chi connectivity index (χ3v) is 6.94. The molecule has 2 heterocycles. The summed E-state index contributed by atoms with van der Waals surface area (Å²) < 4.78 is 10.8. The van der Waals surface area contributed by atoms with Crippen molar-refractivity contribution in [3.05, 3.63) is 81.7 Å². The van der Waals surface area contributed by atoms with Crippen molar-refractivity contribution in [3.8, 4) is 11.3 Å². The topological polar surface area (TPSA) is 94.6 Å². The van der Waals surface area contributed by atoms with E-state index < -0.39 is 17.8 Å². The lowest BCUT2D eigenvalue weighted by Gasteiger charge is -2.12. The van der Waals surface area contributed by atoms with Gasteiger partial charge in [0.05, 0.1) is 34.5 Å². The number of nitrogens with zero attached hydrogens (tertiary/aromatic N) is 1. The first-order valence-electron chi connectivity index (χ1n) is 12.4. The van der Waals surface area contributed by atoms with Crippen molar-refractivity contribution in [2.24, 2.45) is 0 Å². The number of anilines is 1. The molecular formula is C30H30N2O5S. The van der Waals surface area contributed by atoms with Crippen LogP contribution in [-0.4, -0.2) is 35.0 Å². The van der Waals surface area contributed by atoms with Crippen LogP contribution >= 0.6 is 11.3 Å². The lowest BCUT2D eigenvalue weighted by atomic mass is 10.0. The molecule has 2 aromatic carbocycles. The Balaban J connectivity index is 1.79. The van der Waals surface area contributed by atoms with Crippen LogP contribution in [0.1, 0.15) is 69.2 Å². The summed E-state index contributed by atoms with van der Waals surface area (Å²) in [5.74, 6) is -1.61. The fourth-order valence-electron chi connectivity index (χ4n) is 3.99. The van der Waals surface area contributed by atoms with Gasteiger partial charge in [0.15, 0.2) is 0 Å².